The quantitative estimate of drug-likeness (QED) is 0.861. The lowest BCUT2D eigenvalue weighted by atomic mass is 9.94. The van der Waals surface area contributed by atoms with Crippen LogP contribution in [-0.4, -0.2) is 55.6 Å². The average Bonchev–Trinajstić information content (AvgIpc) is 3.00. The number of nitrogens with one attached hydrogen (secondary N) is 1. The number of methoxy groups -OCH3 is 2. The predicted octanol–water partition coefficient (Wildman–Crippen LogP) is 2.54. The number of benzene rings is 1. The molecule has 1 N–H and O–H groups in total. The second-order valence-electron chi connectivity index (χ2n) is 7.30. The molecule has 1 aromatic carbocycles. The van der Waals surface area contributed by atoms with E-state index >= 15 is 0 Å². The smallest absolute Gasteiger partial charge is 0.322 e. The summed E-state index contributed by atoms with van der Waals surface area (Å²) in [6, 6.07) is 4.72. The molecular weight excluding hydrogens is 346 g/mol. The number of carbonyl (C=O) groups is 2. The Morgan fingerprint density at radius 2 is 1.85 bits per heavy atom. The highest BCUT2D eigenvalue weighted by Crippen LogP contribution is 2.42. The van der Waals surface area contributed by atoms with Gasteiger partial charge >= 0.3 is 6.03 Å². The van der Waals surface area contributed by atoms with Gasteiger partial charge in [0.2, 0.25) is 0 Å². The highest BCUT2D eigenvalue weighted by molar-refractivity contribution is 6.01. The van der Waals surface area contributed by atoms with Crippen molar-refractivity contribution in [1.29, 1.82) is 0 Å². The van der Waals surface area contributed by atoms with E-state index in [9.17, 15) is 9.59 Å². The minimum Gasteiger partial charge on any atom is -0.493 e. The van der Waals surface area contributed by atoms with Crippen molar-refractivity contribution in [2.24, 2.45) is 5.92 Å². The predicted molar refractivity (Wildman–Crippen MR) is 102 cm³/mol. The van der Waals surface area contributed by atoms with Crippen LogP contribution in [0.2, 0.25) is 0 Å². The highest BCUT2D eigenvalue weighted by Gasteiger charge is 2.45. The SMILES string of the molecule is COc1cccc([C@H]2NC(=O)N(C)C3=C2C(=O)N([C@H](C)C(C)C)C3)c1OC. The lowest BCUT2D eigenvalue weighted by Gasteiger charge is -2.31. The third kappa shape index (κ3) is 3.01. The lowest BCUT2D eigenvalue weighted by molar-refractivity contribution is -0.128. The molecule has 3 amide bonds. The van der Waals surface area contributed by atoms with Gasteiger partial charge in [-0.3, -0.25) is 9.69 Å². The molecule has 2 aliphatic heterocycles. The molecule has 0 aliphatic carbocycles. The summed E-state index contributed by atoms with van der Waals surface area (Å²) in [5.74, 6) is 1.34. The van der Waals surface area contributed by atoms with Crippen molar-refractivity contribution in [2.75, 3.05) is 27.8 Å². The van der Waals surface area contributed by atoms with E-state index in [2.05, 4.69) is 19.2 Å². The third-order valence-corrected chi connectivity index (χ3v) is 5.59. The maximum atomic E-state index is 13.3. The summed E-state index contributed by atoms with van der Waals surface area (Å²) in [4.78, 5) is 29.2. The molecule has 0 aromatic heterocycles. The summed E-state index contributed by atoms with van der Waals surface area (Å²) in [6.07, 6.45) is 0. The standard InChI is InChI=1S/C20H27N3O4/c1-11(2)12(3)23-10-14-16(19(23)24)17(21-20(25)22(14)4)13-8-7-9-15(26-5)18(13)27-6/h7-9,11-12,17H,10H2,1-6H3,(H,21,25)/t12-,17-/m1/s1. The van der Waals surface area contributed by atoms with Gasteiger partial charge in [-0.2, -0.15) is 0 Å². The molecule has 7 nitrogen and oxygen atoms in total. The van der Waals surface area contributed by atoms with Gasteiger partial charge in [0, 0.05) is 18.7 Å². The Morgan fingerprint density at radius 3 is 2.44 bits per heavy atom. The van der Waals surface area contributed by atoms with E-state index in [0.717, 1.165) is 5.70 Å². The third-order valence-electron chi connectivity index (χ3n) is 5.59. The van der Waals surface area contributed by atoms with Crippen LogP contribution in [0.5, 0.6) is 11.5 Å². The van der Waals surface area contributed by atoms with E-state index in [4.69, 9.17) is 9.47 Å². The topological polar surface area (TPSA) is 71.1 Å². The van der Waals surface area contributed by atoms with Crippen molar-refractivity contribution in [2.45, 2.75) is 32.9 Å². The number of rotatable bonds is 5. The fourth-order valence-electron chi connectivity index (χ4n) is 3.65. The molecule has 0 spiro atoms. The normalized spacial score (nSPS) is 20.8. The van der Waals surface area contributed by atoms with Crippen LogP contribution in [0.1, 0.15) is 32.4 Å². The second-order valence-corrected chi connectivity index (χ2v) is 7.30. The van der Waals surface area contributed by atoms with Crippen LogP contribution >= 0.6 is 0 Å². The van der Waals surface area contributed by atoms with Crippen LogP contribution in [0.15, 0.2) is 29.5 Å². The Hall–Kier alpha value is -2.70. The lowest BCUT2D eigenvalue weighted by Crippen LogP contribution is -2.45. The second kappa shape index (κ2) is 7.13. The maximum Gasteiger partial charge on any atom is 0.322 e. The minimum atomic E-state index is -0.578. The summed E-state index contributed by atoms with van der Waals surface area (Å²) in [5, 5.41) is 2.95. The molecule has 1 aromatic rings. The van der Waals surface area contributed by atoms with Crippen LogP contribution < -0.4 is 14.8 Å². The van der Waals surface area contributed by atoms with Gasteiger partial charge in [-0.1, -0.05) is 26.0 Å². The van der Waals surface area contributed by atoms with Gasteiger partial charge in [0.1, 0.15) is 0 Å². The molecule has 146 valence electrons. The van der Waals surface area contributed by atoms with Crippen molar-refractivity contribution in [3.8, 4) is 11.5 Å². The molecule has 0 saturated heterocycles. The summed E-state index contributed by atoms with van der Waals surface area (Å²) >= 11 is 0. The zero-order valence-corrected chi connectivity index (χ0v) is 16.7. The van der Waals surface area contributed by atoms with Crippen LogP contribution in [0.3, 0.4) is 0 Å². The van der Waals surface area contributed by atoms with Gasteiger partial charge in [-0.05, 0) is 18.9 Å². The van der Waals surface area contributed by atoms with Gasteiger partial charge in [0.05, 0.1) is 38.1 Å². The number of hydrogen-bond donors (Lipinski definition) is 1. The number of likely N-dealkylation sites (N-methyl/N-ethyl adjacent to an activating group) is 1. The van der Waals surface area contributed by atoms with Crippen LogP contribution in [0, 0.1) is 5.92 Å². The number of hydrogen-bond acceptors (Lipinski definition) is 4. The van der Waals surface area contributed by atoms with E-state index < -0.39 is 6.04 Å². The molecule has 27 heavy (non-hydrogen) atoms. The van der Waals surface area contributed by atoms with Crippen molar-refractivity contribution >= 4 is 11.9 Å². The fourth-order valence-corrected chi connectivity index (χ4v) is 3.65. The minimum absolute atomic E-state index is 0.0482. The van der Waals surface area contributed by atoms with Gasteiger partial charge < -0.3 is 19.7 Å². The Balaban J connectivity index is 2.10. The molecule has 2 atom stereocenters. The zero-order chi connectivity index (χ0) is 19.9. The molecule has 2 aliphatic rings. The first-order chi connectivity index (χ1) is 12.8. The molecule has 0 bridgehead atoms. The first kappa shape index (κ1) is 19.1. The number of amides is 3. The largest absolute Gasteiger partial charge is 0.493 e. The Morgan fingerprint density at radius 1 is 1.15 bits per heavy atom. The maximum absolute atomic E-state index is 13.3. The van der Waals surface area contributed by atoms with E-state index in [1.54, 1.807) is 27.3 Å². The fraction of sp³-hybridized carbons (Fsp3) is 0.500. The highest BCUT2D eigenvalue weighted by atomic mass is 16.5. The van der Waals surface area contributed by atoms with Crippen LogP contribution in [0.4, 0.5) is 4.79 Å². The average molecular weight is 373 g/mol. The van der Waals surface area contributed by atoms with Gasteiger partial charge in [-0.15, -0.1) is 0 Å². The van der Waals surface area contributed by atoms with Crippen molar-refractivity contribution < 1.29 is 19.1 Å². The van der Waals surface area contributed by atoms with Crippen LogP contribution in [-0.2, 0) is 4.79 Å². The van der Waals surface area contributed by atoms with E-state index in [1.165, 1.54) is 4.90 Å². The monoisotopic (exact) mass is 373 g/mol. The van der Waals surface area contributed by atoms with E-state index in [0.29, 0.717) is 35.1 Å². The van der Waals surface area contributed by atoms with Gasteiger partial charge in [0.25, 0.3) is 5.91 Å². The molecule has 0 unspecified atom stereocenters. The summed E-state index contributed by atoms with van der Waals surface area (Å²) in [6.45, 7) is 6.65. The van der Waals surface area contributed by atoms with Crippen molar-refractivity contribution in [3.05, 3.63) is 35.0 Å². The first-order valence-corrected chi connectivity index (χ1v) is 9.10. The summed E-state index contributed by atoms with van der Waals surface area (Å²) in [5.41, 5.74) is 2.04. The number of para-hydroxylation sites is 1. The van der Waals surface area contributed by atoms with E-state index in [1.807, 2.05) is 24.0 Å². The van der Waals surface area contributed by atoms with E-state index in [-0.39, 0.29) is 18.0 Å². The zero-order valence-electron chi connectivity index (χ0n) is 16.7. The van der Waals surface area contributed by atoms with Crippen molar-refractivity contribution in [1.82, 2.24) is 15.1 Å². The number of nitrogens with zero attached hydrogens (tertiary/aromatic N) is 2. The van der Waals surface area contributed by atoms with Crippen molar-refractivity contribution in [3.63, 3.8) is 0 Å². The van der Waals surface area contributed by atoms with Crippen LogP contribution in [0.25, 0.3) is 0 Å². The Labute approximate surface area is 159 Å². The van der Waals surface area contributed by atoms with Gasteiger partial charge in [-0.25, -0.2) is 4.79 Å². The van der Waals surface area contributed by atoms with Gasteiger partial charge in [0.15, 0.2) is 11.5 Å². The molecule has 0 fully saturated rings. The first-order valence-electron chi connectivity index (χ1n) is 9.10. The number of urea groups is 1. The number of carbonyl (C=O) groups excluding carboxylic acids is 2. The molecule has 0 saturated carbocycles. The Kier molecular flexibility index (Phi) is 5.04. The Bertz CT molecular complexity index is 802. The summed E-state index contributed by atoms with van der Waals surface area (Å²) < 4.78 is 10.9. The molecular formula is C20H27N3O4. The molecule has 2 heterocycles. The molecule has 0 radical (unpaired) electrons. The summed E-state index contributed by atoms with van der Waals surface area (Å²) in [7, 11) is 4.81. The molecule has 7 heteroatoms. The molecule has 3 rings (SSSR count). The number of ether oxygens (including phenoxy) is 2.